The van der Waals surface area contributed by atoms with Crippen LogP contribution in [0, 0.1) is 0 Å². The fraction of sp³-hybridized carbons (Fsp3) is 0.0769. The Morgan fingerprint density at radius 1 is 0.338 bits per heavy atom. The van der Waals surface area contributed by atoms with Crippen molar-refractivity contribution in [3.8, 4) is 44.5 Å². The second-order valence-electron chi connectivity index (χ2n) is 14.6. The van der Waals surface area contributed by atoms with Crippen LogP contribution in [0.1, 0.15) is 64.2 Å². The summed E-state index contributed by atoms with van der Waals surface area (Å²) in [5.74, 6) is -1.86. The van der Waals surface area contributed by atoms with Crippen molar-refractivity contribution >= 4 is 70.2 Å². The molecule has 8 bridgehead atoms. The zero-order valence-corrected chi connectivity index (χ0v) is 36.5. The number of hydrogen-bond donors (Lipinski definition) is 0. The van der Waals surface area contributed by atoms with Gasteiger partial charge >= 0.3 is 40.9 Å². The zero-order chi connectivity index (χ0) is 44.5. The molecule has 9 rings (SSSR count). The van der Waals surface area contributed by atoms with Gasteiger partial charge in [-0.3, -0.25) is 0 Å². The summed E-state index contributed by atoms with van der Waals surface area (Å²) < 4.78 is 19.9. The molecule has 319 valence electrons. The van der Waals surface area contributed by atoms with E-state index in [-0.39, 0.29) is 17.1 Å². The van der Waals surface area contributed by atoms with Crippen LogP contribution in [0.2, 0.25) is 0 Å². The first-order chi connectivity index (χ1) is 31.2. The topological polar surface area (TPSA) is 159 Å². The molecule has 0 fully saturated rings. The van der Waals surface area contributed by atoms with Gasteiger partial charge in [-0.05, 0) is 117 Å². The molecular formula is C52H36MnN4O8. The Morgan fingerprint density at radius 3 is 0.723 bits per heavy atom. The molecule has 3 aromatic heterocycles. The third-order valence-corrected chi connectivity index (χ3v) is 11.0. The summed E-state index contributed by atoms with van der Waals surface area (Å²) in [5, 5.41) is 0. The minimum atomic E-state index is -0.464. The van der Waals surface area contributed by atoms with Crippen LogP contribution < -0.4 is 9.97 Å². The van der Waals surface area contributed by atoms with E-state index in [2.05, 4.69) is 0 Å². The van der Waals surface area contributed by atoms with E-state index in [9.17, 15) is 19.2 Å². The molecule has 2 aliphatic heterocycles. The molecule has 0 amide bonds. The number of esters is 4. The van der Waals surface area contributed by atoms with Gasteiger partial charge in [0.1, 0.15) is 0 Å². The molecule has 0 saturated heterocycles. The number of aromatic nitrogens is 4. The Labute approximate surface area is 383 Å². The first-order valence-corrected chi connectivity index (χ1v) is 20.0. The fourth-order valence-corrected chi connectivity index (χ4v) is 7.83. The maximum Gasteiger partial charge on any atom is 2.00 e. The molecular weight excluding hydrogens is 864 g/mol. The fourth-order valence-electron chi connectivity index (χ4n) is 7.83. The van der Waals surface area contributed by atoms with Crippen molar-refractivity contribution in [1.82, 2.24) is 19.9 Å². The van der Waals surface area contributed by atoms with E-state index in [1.807, 2.05) is 97.1 Å². The van der Waals surface area contributed by atoms with Crippen molar-refractivity contribution in [3.63, 3.8) is 0 Å². The summed E-state index contributed by atoms with van der Waals surface area (Å²) in [6.07, 6.45) is 7.66. The Bertz CT molecular complexity index is 2830. The number of rotatable bonds is 8. The van der Waals surface area contributed by atoms with Crippen molar-refractivity contribution in [2.45, 2.75) is 0 Å². The van der Waals surface area contributed by atoms with E-state index >= 15 is 0 Å². The smallest absolute Gasteiger partial charge is 0.657 e. The number of nitrogens with zero attached hydrogens (tertiary/aromatic N) is 4. The van der Waals surface area contributed by atoms with Gasteiger partial charge in [-0.15, -0.1) is 22.1 Å². The Hall–Kier alpha value is -8.12. The Kier molecular flexibility index (Phi) is 12.3. The first-order valence-electron chi connectivity index (χ1n) is 20.0. The van der Waals surface area contributed by atoms with Crippen LogP contribution in [0.5, 0.6) is 0 Å². The minimum Gasteiger partial charge on any atom is -0.657 e. The van der Waals surface area contributed by atoms with E-state index in [1.54, 1.807) is 48.5 Å². The van der Waals surface area contributed by atoms with Gasteiger partial charge in [-0.2, -0.15) is 0 Å². The summed E-state index contributed by atoms with van der Waals surface area (Å²) in [6.45, 7) is 0. The van der Waals surface area contributed by atoms with Crippen molar-refractivity contribution in [2.24, 2.45) is 0 Å². The van der Waals surface area contributed by atoms with E-state index < -0.39 is 23.9 Å². The van der Waals surface area contributed by atoms with Gasteiger partial charge in [-0.1, -0.05) is 72.8 Å². The molecule has 5 heterocycles. The predicted octanol–water partition coefficient (Wildman–Crippen LogP) is 9.73. The van der Waals surface area contributed by atoms with E-state index in [1.165, 1.54) is 28.4 Å². The molecule has 4 aromatic carbocycles. The second kappa shape index (κ2) is 18.3. The molecule has 2 aliphatic rings. The standard InChI is InChI=1S/C52H37N4O8.Mn/c1-61-49(57)33-13-5-29(6-14-33)45-37-21-23-39(53-37)46(30-7-15-34(16-8-30)50(58)62-2)41-25-27-43(55-41)48(32-11-19-36(20-12-32)52(60)64-4)44-28-26-42(56-44)47(40-24-22-38(45)54-40)31-9-17-35(18-10-31)51(59)63-3;/h5-28H,1-4H3,(H-,53,54,55,56,57,58,59,60);/q-1;+2/p-1. The van der Waals surface area contributed by atoms with Gasteiger partial charge < -0.3 is 28.9 Å². The van der Waals surface area contributed by atoms with Gasteiger partial charge in [-0.25, -0.2) is 29.1 Å². The summed E-state index contributed by atoms with van der Waals surface area (Å²) in [6, 6.07) is 35.9. The first kappa shape index (κ1) is 43.5. The number of ether oxygens (including phenoxy) is 4. The number of carbonyl (C=O) groups excluding carboxylic acids is 4. The number of benzene rings is 4. The van der Waals surface area contributed by atoms with Gasteiger partial charge in [0.2, 0.25) is 0 Å². The molecule has 12 nitrogen and oxygen atoms in total. The quantitative estimate of drug-likeness (QED) is 0.0809. The molecule has 7 aromatic rings. The van der Waals surface area contributed by atoms with Crippen LogP contribution in [-0.4, -0.2) is 62.3 Å². The molecule has 0 spiro atoms. The summed E-state index contributed by atoms with van der Waals surface area (Å²) in [5.41, 5.74) is 12.1. The molecule has 0 saturated carbocycles. The van der Waals surface area contributed by atoms with Gasteiger partial charge in [0.25, 0.3) is 0 Å². The van der Waals surface area contributed by atoms with Crippen LogP contribution >= 0.6 is 0 Å². The number of fused-ring (bicyclic) bond motifs is 8. The molecule has 0 unspecified atom stereocenters. The van der Waals surface area contributed by atoms with Crippen LogP contribution in [0.15, 0.2) is 121 Å². The zero-order valence-electron chi connectivity index (χ0n) is 35.3. The number of carbonyl (C=O) groups is 4. The predicted molar refractivity (Wildman–Crippen MR) is 244 cm³/mol. The molecule has 0 aliphatic carbocycles. The Morgan fingerprint density at radius 2 is 0.538 bits per heavy atom. The van der Waals surface area contributed by atoms with Crippen molar-refractivity contribution < 1.29 is 55.2 Å². The van der Waals surface area contributed by atoms with Crippen LogP contribution in [0.4, 0.5) is 0 Å². The van der Waals surface area contributed by atoms with Crippen LogP contribution in [0.3, 0.4) is 0 Å². The molecule has 0 N–H and O–H groups in total. The Balaban J connectivity index is 0.00000576. The minimum absolute atomic E-state index is 0. The average Bonchev–Trinajstić information content (AvgIpc) is 4.20. The average molecular weight is 900 g/mol. The maximum atomic E-state index is 12.5. The second-order valence-corrected chi connectivity index (χ2v) is 14.6. The van der Waals surface area contributed by atoms with Gasteiger partial charge in [0.15, 0.2) is 0 Å². The SMILES string of the molecule is COC(=O)c1ccc(-c2c3nc(c(-c4ccc(C(=O)OC)cc4)c4ccc([n-]4)c(-c4ccc(C(=O)OC)cc4)c4nc(c(-c5ccc(C(=O)OC)cc5)c5ccc2[n-]5)C=C4)C=C3)cc1.[Mn+2]. The van der Waals surface area contributed by atoms with Crippen molar-refractivity contribution in [1.29, 1.82) is 0 Å². The molecule has 13 heteroatoms. The number of methoxy groups -OCH3 is 4. The largest absolute Gasteiger partial charge is 2.00 e. The van der Waals surface area contributed by atoms with E-state index in [0.717, 1.165) is 22.3 Å². The van der Waals surface area contributed by atoms with Crippen LogP contribution in [-0.2, 0) is 36.0 Å². The third-order valence-electron chi connectivity index (χ3n) is 11.0. The maximum absolute atomic E-state index is 12.5. The summed E-state index contributed by atoms with van der Waals surface area (Å²) in [7, 11) is 5.35. The van der Waals surface area contributed by atoms with Crippen molar-refractivity contribution in [3.05, 3.63) is 166 Å². The normalized spacial score (nSPS) is 11.4. The number of hydrogen-bond acceptors (Lipinski definition) is 10. The third kappa shape index (κ3) is 8.29. The van der Waals surface area contributed by atoms with Gasteiger partial charge in [0.05, 0.1) is 73.5 Å². The molecule has 65 heavy (non-hydrogen) atoms. The molecule has 0 atom stereocenters. The van der Waals surface area contributed by atoms with Gasteiger partial charge in [0, 0.05) is 0 Å². The van der Waals surface area contributed by atoms with Crippen molar-refractivity contribution in [2.75, 3.05) is 28.4 Å². The summed E-state index contributed by atoms with van der Waals surface area (Å²) >= 11 is 0. The van der Waals surface area contributed by atoms with E-state index in [0.29, 0.717) is 89.4 Å². The van der Waals surface area contributed by atoms with E-state index in [4.69, 9.17) is 38.9 Å². The monoisotopic (exact) mass is 899 g/mol. The molecule has 1 radical (unpaired) electrons. The summed E-state index contributed by atoms with van der Waals surface area (Å²) in [4.78, 5) is 70.9. The van der Waals surface area contributed by atoms with Crippen LogP contribution in [0.25, 0.3) is 90.9 Å².